The summed E-state index contributed by atoms with van der Waals surface area (Å²) >= 11 is 0. The fourth-order valence-electron chi connectivity index (χ4n) is 3.51. The van der Waals surface area contributed by atoms with E-state index in [2.05, 4.69) is 20.4 Å². The van der Waals surface area contributed by atoms with Crippen molar-refractivity contribution in [2.75, 3.05) is 5.32 Å². The summed E-state index contributed by atoms with van der Waals surface area (Å²) in [6, 6.07) is 15.0. The molecule has 8 heteroatoms. The zero-order valence-electron chi connectivity index (χ0n) is 17.1. The second kappa shape index (κ2) is 7.56. The fourth-order valence-corrected chi connectivity index (χ4v) is 3.51. The van der Waals surface area contributed by atoms with Gasteiger partial charge in [0.25, 0.3) is 5.91 Å². The maximum atomic E-state index is 12.8. The molecule has 1 amide bonds. The highest BCUT2D eigenvalue weighted by Gasteiger charge is 2.16. The van der Waals surface area contributed by atoms with Crippen LogP contribution in [-0.4, -0.2) is 29.9 Å². The lowest BCUT2D eigenvalue weighted by Gasteiger charge is -2.08. The number of imidazole rings is 1. The van der Waals surface area contributed by atoms with Gasteiger partial charge in [0.1, 0.15) is 23.6 Å². The van der Waals surface area contributed by atoms with E-state index >= 15 is 0 Å². The van der Waals surface area contributed by atoms with Crippen molar-refractivity contribution in [1.29, 1.82) is 0 Å². The van der Waals surface area contributed by atoms with E-state index in [1.54, 1.807) is 10.6 Å². The smallest absolute Gasteiger partial charge is 0.261 e. The number of carbonyl (C=O) groups is 1. The number of anilines is 1. The minimum atomic E-state index is -0.273. The van der Waals surface area contributed by atoms with E-state index in [0.29, 0.717) is 29.3 Å². The molecule has 0 spiro atoms. The number of aryl methyl sites for hydroxylation is 2. The molecule has 0 unspecified atom stereocenters. The lowest BCUT2D eigenvalue weighted by atomic mass is 10.2. The van der Waals surface area contributed by atoms with Crippen LogP contribution in [0.15, 0.2) is 67.1 Å². The summed E-state index contributed by atoms with van der Waals surface area (Å²) in [6.45, 7) is 4.15. The quantitative estimate of drug-likeness (QED) is 0.474. The molecule has 1 N–H and O–H groups in total. The summed E-state index contributed by atoms with van der Waals surface area (Å²) < 4.78 is 9.49. The normalized spacial score (nSPS) is 11.2. The van der Waals surface area contributed by atoms with E-state index in [1.807, 2.05) is 73.1 Å². The molecule has 5 rings (SSSR count). The lowest BCUT2D eigenvalue weighted by molar-refractivity contribution is 0.102. The first kappa shape index (κ1) is 18.8. The molecule has 5 aromatic rings. The molecule has 0 aliphatic heterocycles. The number of rotatable bonds is 5. The molecule has 0 bridgehead atoms. The van der Waals surface area contributed by atoms with Gasteiger partial charge < -0.3 is 14.5 Å². The predicted octanol–water partition coefficient (Wildman–Crippen LogP) is 3.83. The van der Waals surface area contributed by atoms with Gasteiger partial charge in [-0.05, 0) is 44.2 Å². The Kier molecular flexibility index (Phi) is 4.59. The first-order chi connectivity index (χ1) is 15.1. The SMILES string of the molecule is Cc1cc(C)n2ncc(C(=O)Nc3cccc(OCc4cn5ccccc5n4)c3)c2n1. The van der Waals surface area contributed by atoms with E-state index in [1.165, 1.54) is 6.20 Å². The number of nitrogens with zero attached hydrogens (tertiary/aromatic N) is 5. The molecule has 4 heterocycles. The van der Waals surface area contributed by atoms with E-state index in [-0.39, 0.29) is 5.91 Å². The van der Waals surface area contributed by atoms with Gasteiger partial charge in [-0.25, -0.2) is 14.5 Å². The van der Waals surface area contributed by atoms with Crippen molar-refractivity contribution in [2.45, 2.75) is 20.5 Å². The highest BCUT2D eigenvalue weighted by molar-refractivity contribution is 6.08. The highest BCUT2D eigenvalue weighted by atomic mass is 16.5. The number of hydrogen-bond donors (Lipinski definition) is 1. The van der Waals surface area contributed by atoms with Gasteiger partial charge in [-0.3, -0.25) is 4.79 Å². The molecule has 0 saturated heterocycles. The van der Waals surface area contributed by atoms with Crippen LogP contribution in [0.1, 0.15) is 27.4 Å². The first-order valence-electron chi connectivity index (χ1n) is 9.86. The maximum absolute atomic E-state index is 12.8. The van der Waals surface area contributed by atoms with Crippen LogP contribution in [0.25, 0.3) is 11.3 Å². The average molecular weight is 412 g/mol. The first-order valence-corrected chi connectivity index (χ1v) is 9.86. The Morgan fingerprint density at radius 2 is 2.00 bits per heavy atom. The lowest BCUT2D eigenvalue weighted by Crippen LogP contribution is -2.12. The maximum Gasteiger partial charge on any atom is 0.261 e. The molecule has 154 valence electrons. The Morgan fingerprint density at radius 1 is 1.10 bits per heavy atom. The van der Waals surface area contributed by atoms with Crippen molar-refractivity contribution in [3.8, 4) is 5.75 Å². The van der Waals surface area contributed by atoms with Gasteiger partial charge in [0.2, 0.25) is 0 Å². The van der Waals surface area contributed by atoms with Crippen molar-refractivity contribution in [2.24, 2.45) is 0 Å². The second-order valence-corrected chi connectivity index (χ2v) is 7.30. The van der Waals surface area contributed by atoms with Gasteiger partial charge >= 0.3 is 0 Å². The minimum absolute atomic E-state index is 0.273. The molecular weight excluding hydrogens is 392 g/mol. The summed E-state index contributed by atoms with van der Waals surface area (Å²) in [4.78, 5) is 21.8. The van der Waals surface area contributed by atoms with Crippen LogP contribution in [0.2, 0.25) is 0 Å². The Morgan fingerprint density at radius 3 is 2.87 bits per heavy atom. The van der Waals surface area contributed by atoms with E-state index in [9.17, 15) is 4.79 Å². The number of carbonyl (C=O) groups excluding carboxylic acids is 1. The Bertz CT molecular complexity index is 1390. The number of nitrogens with one attached hydrogen (secondary N) is 1. The molecule has 1 aromatic carbocycles. The molecule has 0 radical (unpaired) electrons. The number of fused-ring (bicyclic) bond motifs is 2. The van der Waals surface area contributed by atoms with Gasteiger partial charge in [-0.2, -0.15) is 5.10 Å². The molecule has 0 aliphatic rings. The van der Waals surface area contributed by atoms with Crippen LogP contribution >= 0.6 is 0 Å². The largest absolute Gasteiger partial charge is 0.487 e. The standard InChI is InChI=1S/C23H20N6O2/c1-15-10-16(2)29-22(25-15)20(12-24-29)23(30)27-17-6-5-7-19(11-17)31-14-18-13-28-9-4-3-8-21(28)26-18/h3-13H,14H2,1-2H3,(H,27,30). The molecule has 8 nitrogen and oxygen atoms in total. The zero-order valence-corrected chi connectivity index (χ0v) is 17.1. The Balaban J connectivity index is 1.31. The molecule has 31 heavy (non-hydrogen) atoms. The summed E-state index contributed by atoms with van der Waals surface area (Å²) in [5, 5.41) is 7.18. The topological polar surface area (TPSA) is 85.8 Å². The van der Waals surface area contributed by atoms with Crippen molar-refractivity contribution in [3.05, 3.63) is 89.8 Å². The third-order valence-corrected chi connectivity index (χ3v) is 4.92. The molecule has 0 aliphatic carbocycles. The summed E-state index contributed by atoms with van der Waals surface area (Å²) in [6.07, 6.45) is 5.41. The fraction of sp³-hybridized carbons (Fsp3) is 0.130. The van der Waals surface area contributed by atoms with Gasteiger partial charge in [0, 0.05) is 35.5 Å². The monoisotopic (exact) mass is 412 g/mol. The summed E-state index contributed by atoms with van der Waals surface area (Å²) in [7, 11) is 0. The van der Waals surface area contributed by atoms with Crippen molar-refractivity contribution in [1.82, 2.24) is 24.0 Å². The zero-order chi connectivity index (χ0) is 21.4. The number of pyridine rings is 1. The molecule has 0 atom stereocenters. The average Bonchev–Trinajstić information content (AvgIpc) is 3.36. The number of benzene rings is 1. The summed E-state index contributed by atoms with van der Waals surface area (Å²) in [5.74, 6) is 0.365. The predicted molar refractivity (Wildman–Crippen MR) is 116 cm³/mol. The number of ether oxygens (including phenoxy) is 1. The molecule has 0 saturated carbocycles. The van der Waals surface area contributed by atoms with Crippen LogP contribution < -0.4 is 10.1 Å². The van der Waals surface area contributed by atoms with E-state index in [0.717, 1.165) is 22.7 Å². The molecule has 0 fully saturated rings. The Labute approximate surface area is 178 Å². The van der Waals surface area contributed by atoms with E-state index < -0.39 is 0 Å². The van der Waals surface area contributed by atoms with Crippen LogP contribution in [0.4, 0.5) is 5.69 Å². The Hall–Kier alpha value is -4.20. The van der Waals surface area contributed by atoms with Gasteiger partial charge in [0.15, 0.2) is 5.65 Å². The highest BCUT2D eigenvalue weighted by Crippen LogP contribution is 2.20. The number of aromatic nitrogens is 5. The third-order valence-electron chi connectivity index (χ3n) is 4.92. The van der Waals surface area contributed by atoms with Crippen LogP contribution in [0.3, 0.4) is 0 Å². The minimum Gasteiger partial charge on any atom is -0.487 e. The van der Waals surface area contributed by atoms with E-state index in [4.69, 9.17) is 4.74 Å². The van der Waals surface area contributed by atoms with Gasteiger partial charge in [0.05, 0.1) is 11.9 Å². The van der Waals surface area contributed by atoms with Crippen LogP contribution in [-0.2, 0) is 6.61 Å². The van der Waals surface area contributed by atoms with Gasteiger partial charge in [-0.15, -0.1) is 0 Å². The van der Waals surface area contributed by atoms with Gasteiger partial charge in [-0.1, -0.05) is 12.1 Å². The number of hydrogen-bond acceptors (Lipinski definition) is 5. The molecule has 4 aromatic heterocycles. The number of amides is 1. The van der Waals surface area contributed by atoms with Crippen molar-refractivity contribution >= 4 is 22.9 Å². The summed E-state index contributed by atoms with van der Waals surface area (Å²) in [5.41, 5.74) is 5.03. The second-order valence-electron chi connectivity index (χ2n) is 7.30. The van der Waals surface area contributed by atoms with Crippen molar-refractivity contribution < 1.29 is 9.53 Å². The van der Waals surface area contributed by atoms with Crippen LogP contribution in [0.5, 0.6) is 5.75 Å². The third kappa shape index (κ3) is 3.71. The van der Waals surface area contributed by atoms with Crippen molar-refractivity contribution in [3.63, 3.8) is 0 Å². The van der Waals surface area contributed by atoms with Crippen LogP contribution in [0, 0.1) is 13.8 Å². The molecular formula is C23H20N6O2.